The van der Waals surface area contributed by atoms with Gasteiger partial charge in [0.05, 0.1) is 6.04 Å². The van der Waals surface area contributed by atoms with Gasteiger partial charge in [0, 0.05) is 18.7 Å². The summed E-state index contributed by atoms with van der Waals surface area (Å²) >= 11 is 6.68. The molecule has 1 atom stereocenters. The van der Waals surface area contributed by atoms with E-state index in [9.17, 15) is 4.39 Å². The Bertz CT molecular complexity index is 709. The van der Waals surface area contributed by atoms with Crippen molar-refractivity contribution in [1.29, 1.82) is 0 Å². The molecule has 0 aliphatic carbocycles. The van der Waals surface area contributed by atoms with Crippen LogP contribution in [-0.2, 0) is 6.42 Å². The molecule has 0 aliphatic rings. The van der Waals surface area contributed by atoms with Crippen molar-refractivity contribution in [3.63, 3.8) is 0 Å². The Morgan fingerprint density at radius 3 is 2.80 bits per heavy atom. The molecule has 0 bridgehead atoms. The third-order valence-corrected chi connectivity index (χ3v) is 5.84. The van der Waals surface area contributed by atoms with E-state index in [2.05, 4.69) is 38.9 Å². The average molecular weight is 371 g/mol. The summed E-state index contributed by atoms with van der Waals surface area (Å²) in [5.41, 5.74) is 3.46. The predicted molar refractivity (Wildman–Crippen MR) is 87.6 cm³/mol. The van der Waals surface area contributed by atoms with Crippen LogP contribution in [0.4, 0.5) is 4.39 Å². The highest BCUT2D eigenvalue weighted by Crippen LogP contribution is 2.34. The van der Waals surface area contributed by atoms with E-state index in [1.165, 1.54) is 15.5 Å². The maximum Gasteiger partial charge on any atom is 0.127 e. The monoisotopic (exact) mass is 370 g/mol. The van der Waals surface area contributed by atoms with Gasteiger partial charge in [-0.25, -0.2) is 4.39 Å². The highest BCUT2D eigenvalue weighted by Gasteiger charge is 2.16. The van der Waals surface area contributed by atoms with Gasteiger partial charge < -0.3 is 0 Å². The third-order valence-electron chi connectivity index (χ3n) is 3.14. The SMILES string of the molecule is NNC(Cc1ccc(Br)cc1F)c1cc2sccc2s1. The molecular formula is C14H12BrFN2S2. The van der Waals surface area contributed by atoms with Gasteiger partial charge >= 0.3 is 0 Å². The Balaban J connectivity index is 1.88. The minimum atomic E-state index is -0.210. The van der Waals surface area contributed by atoms with Crippen LogP contribution in [0.1, 0.15) is 16.5 Å². The maximum absolute atomic E-state index is 13.9. The first-order valence-electron chi connectivity index (χ1n) is 6.04. The molecule has 0 aliphatic heterocycles. The van der Waals surface area contributed by atoms with Crippen LogP contribution < -0.4 is 11.3 Å². The van der Waals surface area contributed by atoms with E-state index in [0.29, 0.717) is 12.0 Å². The van der Waals surface area contributed by atoms with E-state index >= 15 is 0 Å². The first-order valence-corrected chi connectivity index (χ1v) is 8.53. The number of hydrogen-bond acceptors (Lipinski definition) is 4. The molecule has 0 amide bonds. The molecule has 0 radical (unpaired) electrons. The lowest BCUT2D eigenvalue weighted by molar-refractivity contribution is 0.535. The van der Waals surface area contributed by atoms with Crippen molar-refractivity contribution in [1.82, 2.24) is 5.43 Å². The standard InChI is InChI=1S/C14H12BrFN2S2/c15-9-2-1-8(10(16)6-9)5-11(18-17)13-7-14-12(20-13)3-4-19-14/h1-4,6-7,11,18H,5,17H2. The summed E-state index contributed by atoms with van der Waals surface area (Å²) in [7, 11) is 0. The molecule has 20 heavy (non-hydrogen) atoms. The van der Waals surface area contributed by atoms with Crippen LogP contribution in [0.15, 0.2) is 40.2 Å². The summed E-state index contributed by atoms with van der Waals surface area (Å²) in [4.78, 5) is 1.14. The summed E-state index contributed by atoms with van der Waals surface area (Å²) in [5.74, 6) is 5.44. The van der Waals surface area contributed by atoms with Gasteiger partial charge in [0.15, 0.2) is 0 Å². The number of nitrogens with one attached hydrogen (secondary N) is 1. The fourth-order valence-electron chi connectivity index (χ4n) is 2.10. The van der Waals surface area contributed by atoms with Gasteiger partial charge in [-0.1, -0.05) is 22.0 Å². The van der Waals surface area contributed by atoms with Crippen molar-refractivity contribution >= 4 is 48.0 Å². The second kappa shape index (κ2) is 5.91. The molecule has 2 aromatic heterocycles. The summed E-state index contributed by atoms with van der Waals surface area (Å²) in [6.45, 7) is 0. The molecule has 0 fully saturated rings. The second-order valence-corrected chi connectivity index (χ2v) is 7.44. The van der Waals surface area contributed by atoms with Crippen LogP contribution in [0.5, 0.6) is 0 Å². The molecule has 3 rings (SSSR count). The van der Waals surface area contributed by atoms with Crippen molar-refractivity contribution in [2.75, 3.05) is 0 Å². The van der Waals surface area contributed by atoms with E-state index in [1.807, 2.05) is 6.07 Å². The van der Waals surface area contributed by atoms with E-state index in [-0.39, 0.29) is 11.9 Å². The lowest BCUT2D eigenvalue weighted by Gasteiger charge is -2.14. The zero-order valence-corrected chi connectivity index (χ0v) is 13.6. The predicted octanol–water partition coefficient (Wildman–Crippen LogP) is 4.61. The van der Waals surface area contributed by atoms with Gasteiger partial charge in [-0.3, -0.25) is 11.3 Å². The second-order valence-electron chi connectivity index (χ2n) is 4.46. The fraction of sp³-hybridized carbons (Fsp3) is 0.143. The van der Waals surface area contributed by atoms with Gasteiger partial charge in [-0.05, 0) is 41.6 Å². The fourth-order valence-corrected chi connectivity index (χ4v) is 4.62. The van der Waals surface area contributed by atoms with Crippen LogP contribution >= 0.6 is 38.6 Å². The zero-order chi connectivity index (χ0) is 14.1. The van der Waals surface area contributed by atoms with Gasteiger partial charge in [-0.15, -0.1) is 22.7 Å². The number of halogens is 2. The smallest absolute Gasteiger partial charge is 0.127 e. The maximum atomic E-state index is 13.9. The van der Waals surface area contributed by atoms with Crippen LogP contribution in [0.25, 0.3) is 9.40 Å². The molecule has 104 valence electrons. The van der Waals surface area contributed by atoms with Crippen molar-refractivity contribution in [2.24, 2.45) is 5.84 Å². The first-order chi connectivity index (χ1) is 9.67. The summed E-state index contributed by atoms with van der Waals surface area (Å²) in [5, 5.41) is 2.07. The van der Waals surface area contributed by atoms with E-state index in [4.69, 9.17) is 5.84 Å². The Hall–Kier alpha value is -0.790. The number of thiophene rings is 2. The van der Waals surface area contributed by atoms with E-state index in [0.717, 1.165) is 9.35 Å². The topological polar surface area (TPSA) is 38.0 Å². The molecule has 6 heteroatoms. The van der Waals surface area contributed by atoms with Crippen molar-refractivity contribution < 1.29 is 4.39 Å². The van der Waals surface area contributed by atoms with Crippen molar-refractivity contribution in [3.05, 3.63) is 56.4 Å². The Morgan fingerprint density at radius 1 is 1.25 bits per heavy atom. The first kappa shape index (κ1) is 14.2. The lowest BCUT2D eigenvalue weighted by Crippen LogP contribution is -2.29. The highest BCUT2D eigenvalue weighted by atomic mass is 79.9. The van der Waals surface area contributed by atoms with Crippen molar-refractivity contribution in [3.8, 4) is 0 Å². The van der Waals surface area contributed by atoms with Gasteiger partial charge in [0.1, 0.15) is 5.82 Å². The molecule has 2 nitrogen and oxygen atoms in total. The molecular weight excluding hydrogens is 359 g/mol. The molecule has 2 heterocycles. The van der Waals surface area contributed by atoms with Crippen LogP contribution in [0.3, 0.4) is 0 Å². The number of hydrogen-bond donors (Lipinski definition) is 2. The van der Waals surface area contributed by atoms with Crippen LogP contribution in [0.2, 0.25) is 0 Å². The molecule has 3 aromatic rings. The molecule has 1 aromatic carbocycles. The van der Waals surface area contributed by atoms with Gasteiger partial charge in [0.2, 0.25) is 0 Å². The van der Waals surface area contributed by atoms with Crippen LogP contribution in [-0.4, -0.2) is 0 Å². The molecule has 0 saturated carbocycles. The number of benzene rings is 1. The van der Waals surface area contributed by atoms with E-state index in [1.54, 1.807) is 28.7 Å². The summed E-state index contributed by atoms with van der Waals surface area (Å²) in [6.07, 6.45) is 0.531. The number of rotatable bonds is 4. The highest BCUT2D eigenvalue weighted by molar-refractivity contribution is 9.10. The quantitative estimate of drug-likeness (QED) is 0.519. The zero-order valence-electron chi connectivity index (χ0n) is 10.4. The Kier molecular flexibility index (Phi) is 4.18. The third kappa shape index (κ3) is 2.80. The summed E-state index contributed by atoms with van der Waals surface area (Å²) in [6, 6.07) is 9.28. The Morgan fingerprint density at radius 2 is 2.10 bits per heavy atom. The Labute approximate surface area is 132 Å². The number of fused-ring (bicyclic) bond motifs is 1. The number of hydrazine groups is 1. The van der Waals surface area contributed by atoms with Crippen LogP contribution in [0, 0.1) is 5.82 Å². The van der Waals surface area contributed by atoms with Crippen molar-refractivity contribution in [2.45, 2.75) is 12.5 Å². The average Bonchev–Trinajstić information content (AvgIpc) is 2.98. The lowest BCUT2D eigenvalue weighted by atomic mass is 10.0. The van der Waals surface area contributed by atoms with Gasteiger partial charge in [-0.2, -0.15) is 0 Å². The molecule has 0 saturated heterocycles. The molecule has 1 unspecified atom stereocenters. The number of nitrogens with two attached hydrogens (primary N) is 1. The minimum absolute atomic E-state index is 0.0738. The summed E-state index contributed by atoms with van der Waals surface area (Å²) < 4.78 is 17.2. The van der Waals surface area contributed by atoms with E-state index < -0.39 is 0 Å². The largest absolute Gasteiger partial charge is 0.271 e. The normalized spacial score (nSPS) is 12.9. The minimum Gasteiger partial charge on any atom is -0.271 e. The van der Waals surface area contributed by atoms with Gasteiger partial charge in [0.25, 0.3) is 0 Å². The molecule has 0 spiro atoms. The molecule has 3 N–H and O–H groups in total.